The maximum absolute atomic E-state index is 5.66. The summed E-state index contributed by atoms with van der Waals surface area (Å²) in [6.45, 7) is 2.60. The maximum atomic E-state index is 5.66. The van der Waals surface area contributed by atoms with E-state index in [9.17, 15) is 0 Å². The van der Waals surface area contributed by atoms with Gasteiger partial charge in [-0.3, -0.25) is 4.90 Å². The number of hydrogen-bond acceptors (Lipinski definition) is 3. The number of H-pyrrole nitrogens is 1. The molecule has 1 aromatic carbocycles. The number of aromatic amines is 1. The van der Waals surface area contributed by atoms with Crippen molar-refractivity contribution in [2.75, 3.05) is 13.1 Å². The zero-order chi connectivity index (χ0) is 17.1. The average molecular weight is 347 g/mol. The molecule has 3 aromatic rings. The minimum Gasteiger partial charge on any atom is -0.444 e. The third-order valence-electron chi connectivity index (χ3n) is 6.52. The van der Waals surface area contributed by atoms with Crippen molar-refractivity contribution >= 4 is 10.9 Å². The fourth-order valence-corrected chi connectivity index (χ4v) is 4.78. The maximum Gasteiger partial charge on any atom is 0.181 e. The monoisotopic (exact) mass is 347 g/mol. The SMILES string of the molecule is c1ncc(-c2ccc3[nH]cc4c3c2CC(N(CC2CC2)CC2CC2)C4)o1. The van der Waals surface area contributed by atoms with Crippen LogP contribution in [0.3, 0.4) is 0 Å². The zero-order valence-corrected chi connectivity index (χ0v) is 15.1. The highest BCUT2D eigenvalue weighted by Gasteiger charge is 2.35. The van der Waals surface area contributed by atoms with E-state index >= 15 is 0 Å². The van der Waals surface area contributed by atoms with Crippen LogP contribution >= 0.6 is 0 Å². The van der Waals surface area contributed by atoms with Gasteiger partial charge >= 0.3 is 0 Å². The van der Waals surface area contributed by atoms with E-state index in [2.05, 4.69) is 33.2 Å². The molecular formula is C22H25N3O. The summed E-state index contributed by atoms with van der Waals surface area (Å²) in [5.74, 6) is 2.79. The van der Waals surface area contributed by atoms with Gasteiger partial charge in [-0.15, -0.1) is 0 Å². The minimum absolute atomic E-state index is 0.617. The molecule has 6 rings (SSSR count). The Kier molecular flexibility index (Phi) is 3.30. The molecule has 0 aliphatic heterocycles. The van der Waals surface area contributed by atoms with Crippen LogP contribution in [0, 0.1) is 11.8 Å². The van der Waals surface area contributed by atoms with Crippen molar-refractivity contribution in [3.8, 4) is 11.3 Å². The number of benzene rings is 1. The van der Waals surface area contributed by atoms with Crippen LogP contribution in [0.15, 0.2) is 35.3 Å². The summed E-state index contributed by atoms with van der Waals surface area (Å²) in [5, 5.41) is 1.42. The highest BCUT2D eigenvalue weighted by molar-refractivity contribution is 5.92. The molecule has 2 saturated carbocycles. The largest absolute Gasteiger partial charge is 0.444 e. The number of nitrogens with one attached hydrogen (secondary N) is 1. The second kappa shape index (κ2) is 5.71. The van der Waals surface area contributed by atoms with Gasteiger partial charge in [-0.25, -0.2) is 4.98 Å². The predicted octanol–water partition coefficient (Wildman–Crippen LogP) is 4.41. The fraction of sp³-hybridized carbons (Fsp3) is 0.500. The summed E-state index contributed by atoms with van der Waals surface area (Å²) in [5.41, 5.74) is 5.40. The van der Waals surface area contributed by atoms with Crippen molar-refractivity contribution in [1.29, 1.82) is 0 Å². The fourth-order valence-electron chi connectivity index (χ4n) is 4.78. The molecule has 0 bridgehead atoms. The zero-order valence-electron chi connectivity index (χ0n) is 15.1. The van der Waals surface area contributed by atoms with E-state index in [1.165, 1.54) is 79.2 Å². The van der Waals surface area contributed by atoms with E-state index in [-0.39, 0.29) is 0 Å². The van der Waals surface area contributed by atoms with Gasteiger partial charge in [0.1, 0.15) is 0 Å². The number of aromatic nitrogens is 2. The lowest BCUT2D eigenvalue weighted by atomic mass is 9.85. The van der Waals surface area contributed by atoms with E-state index in [0.717, 1.165) is 24.0 Å². The van der Waals surface area contributed by atoms with E-state index in [0.29, 0.717) is 6.04 Å². The van der Waals surface area contributed by atoms with E-state index in [1.807, 2.05) is 6.20 Å². The molecule has 3 aliphatic rings. The summed E-state index contributed by atoms with van der Waals surface area (Å²) in [6.07, 6.45) is 13.6. The number of oxazole rings is 1. The molecule has 2 aromatic heterocycles. The normalized spacial score (nSPS) is 22.4. The van der Waals surface area contributed by atoms with Crippen molar-refractivity contribution in [3.63, 3.8) is 0 Å². The summed E-state index contributed by atoms with van der Waals surface area (Å²) < 4.78 is 5.66. The Morgan fingerprint density at radius 1 is 1.08 bits per heavy atom. The van der Waals surface area contributed by atoms with Gasteiger partial charge in [-0.05, 0) is 73.6 Å². The van der Waals surface area contributed by atoms with Gasteiger partial charge in [0, 0.05) is 41.8 Å². The highest BCUT2D eigenvalue weighted by Crippen LogP contribution is 2.40. The molecule has 26 heavy (non-hydrogen) atoms. The van der Waals surface area contributed by atoms with Crippen molar-refractivity contribution in [1.82, 2.24) is 14.9 Å². The summed E-state index contributed by atoms with van der Waals surface area (Å²) >= 11 is 0. The predicted molar refractivity (Wildman–Crippen MR) is 102 cm³/mol. The van der Waals surface area contributed by atoms with Gasteiger partial charge in [-0.1, -0.05) is 0 Å². The Balaban J connectivity index is 1.40. The topological polar surface area (TPSA) is 45.1 Å². The van der Waals surface area contributed by atoms with E-state index < -0.39 is 0 Å². The second-order valence-electron chi connectivity index (χ2n) is 8.60. The first-order valence-electron chi connectivity index (χ1n) is 10.1. The number of nitrogens with zero attached hydrogens (tertiary/aromatic N) is 2. The molecule has 0 radical (unpaired) electrons. The standard InChI is InChI=1S/C22H25N3O/c1-2-14(1)11-25(12-15-3-4-15)17-7-16-9-24-20-6-5-18(19(8-17)22(16)20)21-10-23-13-26-21/h5-6,9-10,13-15,17,24H,1-4,7-8,11-12H2. The number of hydrogen-bond donors (Lipinski definition) is 1. The molecule has 1 unspecified atom stereocenters. The Hall–Kier alpha value is -2.07. The average Bonchev–Trinajstić information content (AvgIpc) is 3.56. The Morgan fingerprint density at radius 3 is 2.58 bits per heavy atom. The Labute approximate surface area is 153 Å². The Bertz CT molecular complexity index is 920. The second-order valence-corrected chi connectivity index (χ2v) is 8.60. The summed E-state index contributed by atoms with van der Waals surface area (Å²) in [7, 11) is 0. The molecule has 3 aliphatic carbocycles. The molecule has 2 heterocycles. The van der Waals surface area contributed by atoms with Crippen LogP contribution in [-0.4, -0.2) is 34.0 Å². The lowest BCUT2D eigenvalue weighted by molar-refractivity contribution is 0.176. The van der Waals surface area contributed by atoms with Crippen LogP contribution < -0.4 is 0 Å². The smallest absolute Gasteiger partial charge is 0.181 e. The molecule has 4 heteroatoms. The van der Waals surface area contributed by atoms with Crippen LogP contribution in [-0.2, 0) is 12.8 Å². The van der Waals surface area contributed by atoms with Crippen LogP contribution in [0.1, 0.15) is 36.8 Å². The minimum atomic E-state index is 0.617. The van der Waals surface area contributed by atoms with Gasteiger partial charge in [-0.2, -0.15) is 0 Å². The first kappa shape index (κ1) is 15.0. The van der Waals surface area contributed by atoms with Gasteiger partial charge < -0.3 is 9.40 Å². The van der Waals surface area contributed by atoms with E-state index in [4.69, 9.17) is 4.42 Å². The third-order valence-corrected chi connectivity index (χ3v) is 6.52. The molecule has 0 spiro atoms. The lowest BCUT2D eigenvalue weighted by Crippen LogP contribution is -2.42. The molecule has 0 saturated heterocycles. The van der Waals surface area contributed by atoms with Gasteiger partial charge in [0.2, 0.25) is 0 Å². The van der Waals surface area contributed by atoms with Gasteiger partial charge in [0.25, 0.3) is 0 Å². The van der Waals surface area contributed by atoms with Crippen molar-refractivity contribution in [3.05, 3.63) is 42.0 Å². The summed E-state index contributed by atoms with van der Waals surface area (Å²) in [4.78, 5) is 10.5. The Morgan fingerprint density at radius 2 is 1.88 bits per heavy atom. The van der Waals surface area contributed by atoms with Crippen molar-refractivity contribution in [2.45, 2.75) is 44.6 Å². The molecule has 0 amide bonds. The van der Waals surface area contributed by atoms with E-state index in [1.54, 1.807) is 0 Å². The molecular weight excluding hydrogens is 322 g/mol. The van der Waals surface area contributed by atoms with Crippen LogP contribution in [0.25, 0.3) is 22.2 Å². The quantitative estimate of drug-likeness (QED) is 0.718. The molecule has 2 fully saturated rings. The van der Waals surface area contributed by atoms with Crippen LogP contribution in [0.4, 0.5) is 0 Å². The van der Waals surface area contributed by atoms with Crippen LogP contribution in [0.5, 0.6) is 0 Å². The first-order chi connectivity index (χ1) is 12.8. The molecule has 1 N–H and O–H groups in total. The molecule has 134 valence electrons. The third kappa shape index (κ3) is 2.59. The number of rotatable bonds is 6. The van der Waals surface area contributed by atoms with Crippen molar-refractivity contribution < 1.29 is 4.42 Å². The van der Waals surface area contributed by atoms with Crippen molar-refractivity contribution in [2.24, 2.45) is 11.8 Å². The van der Waals surface area contributed by atoms with Gasteiger partial charge in [0.15, 0.2) is 12.2 Å². The lowest BCUT2D eigenvalue weighted by Gasteiger charge is -2.35. The first-order valence-corrected chi connectivity index (χ1v) is 10.1. The molecule has 1 atom stereocenters. The van der Waals surface area contributed by atoms with Crippen LogP contribution in [0.2, 0.25) is 0 Å². The molecule has 4 nitrogen and oxygen atoms in total. The highest BCUT2D eigenvalue weighted by atomic mass is 16.3. The van der Waals surface area contributed by atoms with Gasteiger partial charge in [0.05, 0.1) is 6.20 Å². The summed E-state index contributed by atoms with van der Waals surface area (Å²) in [6, 6.07) is 5.01.